The van der Waals surface area contributed by atoms with Crippen molar-refractivity contribution in [3.8, 4) is 0 Å². The monoisotopic (exact) mass is 397 g/mol. The smallest absolute Gasteiger partial charge is 0.265 e. The maximum atomic E-state index is 12.9. The summed E-state index contributed by atoms with van der Waals surface area (Å²) in [5.41, 5.74) is 5.71. The first-order valence-electron chi connectivity index (χ1n) is 10.5. The Morgan fingerprint density at radius 1 is 1.18 bits per heavy atom. The molecule has 2 aliphatic heterocycles. The minimum Gasteiger partial charge on any atom is -0.337 e. The van der Waals surface area contributed by atoms with Crippen LogP contribution in [-0.4, -0.2) is 46.9 Å². The number of benzene rings is 1. The first kappa shape index (κ1) is 19.6. The zero-order chi connectivity index (χ0) is 19.7. The van der Waals surface area contributed by atoms with Crippen LogP contribution in [0.5, 0.6) is 0 Å². The molecule has 3 heterocycles. The Balaban J connectivity index is 1.39. The van der Waals surface area contributed by atoms with Crippen molar-refractivity contribution in [2.45, 2.75) is 52.5 Å². The minimum atomic E-state index is 0.179. The van der Waals surface area contributed by atoms with Crippen molar-refractivity contribution in [3.05, 3.63) is 51.5 Å². The molecule has 2 fully saturated rings. The summed E-state index contributed by atoms with van der Waals surface area (Å²) in [7, 11) is 0. The lowest BCUT2D eigenvalue weighted by Crippen LogP contribution is -2.45. The summed E-state index contributed by atoms with van der Waals surface area (Å²) in [6.45, 7) is 11.5. The standard InChI is InChI=1S/C23H31N3OS/c1-17(2)20-7-5-19(6-8-20)13-25-11-4-9-23(14-25)10-12-26(15-23)22(27)21-18(3)24-16-28-21/h5-8,16-17H,4,9-15H2,1-3H3. The number of piperidine rings is 1. The van der Waals surface area contributed by atoms with E-state index < -0.39 is 0 Å². The number of carbonyl (C=O) groups is 1. The highest BCUT2D eigenvalue weighted by Crippen LogP contribution is 2.40. The molecule has 1 aromatic heterocycles. The Bertz CT molecular complexity index is 829. The maximum Gasteiger partial charge on any atom is 0.265 e. The van der Waals surface area contributed by atoms with Crippen molar-refractivity contribution in [3.63, 3.8) is 0 Å². The Morgan fingerprint density at radius 2 is 1.96 bits per heavy atom. The zero-order valence-electron chi connectivity index (χ0n) is 17.3. The molecule has 0 saturated carbocycles. The van der Waals surface area contributed by atoms with E-state index in [4.69, 9.17) is 0 Å². The second kappa shape index (κ2) is 7.96. The van der Waals surface area contributed by atoms with Crippen molar-refractivity contribution in [1.29, 1.82) is 0 Å². The number of aromatic nitrogens is 1. The van der Waals surface area contributed by atoms with Gasteiger partial charge >= 0.3 is 0 Å². The second-order valence-corrected chi connectivity index (χ2v) is 9.81. The summed E-state index contributed by atoms with van der Waals surface area (Å²) in [4.78, 5) is 22.6. The molecule has 2 aliphatic rings. The van der Waals surface area contributed by atoms with Crippen LogP contribution in [0.25, 0.3) is 0 Å². The van der Waals surface area contributed by atoms with Gasteiger partial charge in [0, 0.05) is 31.6 Å². The lowest BCUT2D eigenvalue weighted by Gasteiger charge is -2.40. The third kappa shape index (κ3) is 4.01. The van der Waals surface area contributed by atoms with Crippen molar-refractivity contribution >= 4 is 17.2 Å². The Morgan fingerprint density at radius 3 is 2.64 bits per heavy atom. The average Bonchev–Trinajstić information content (AvgIpc) is 3.28. The molecule has 28 heavy (non-hydrogen) atoms. The minimum absolute atomic E-state index is 0.179. The highest BCUT2D eigenvalue weighted by atomic mass is 32.1. The number of carbonyl (C=O) groups excluding carboxylic acids is 1. The molecule has 5 heteroatoms. The van der Waals surface area contributed by atoms with E-state index in [2.05, 4.69) is 52.9 Å². The summed E-state index contributed by atoms with van der Waals surface area (Å²) in [5.74, 6) is 0.759. The Kier molecular flexibility index (Phi) is 5.57. The molecule has 0 aliphatic carbocycles. The first-order chi connectivity index (χ1) is 13.5. The van der Waals surface area contributed by atoms with E-state index in [0.29, 0.717) is 5.92 Å². The quantitative estimate of drug-likeness (QED) is 0.750. The van der Waals surface area contributed by atoms with Gasteiger partial charge in [-0.3, -0.25) is 9.69 Å². The molecule has 0 bridgehead atoms. The van der Waals surface area contributed by atoms with E-state index in [1.165, 1.54) is 35.3 Å². The number of likely N-dealkylation sites (tertiary alicyclic amines) is 2. The van der Waals surface area contributed by atoms with Crippen LogP contribution >= 0.6 is 11.3 Å². The fourth-order valence-corrected chi connectivity index (χ4v) is 5.57. The van der Waals surface area contributed by atoms with Crippen LogP contribution in [0.15, 0.2) is 29.8 Å². The summed E-state index contributed by atoms with van der Waals surface area (Å²) >= 11 is 1.47. The average molecular weight is 398 g/mol. The van der Waals surface area contributed by atoms with Gasteiger partial charge in [0.05, 0.1) is 11.2 Å². The summed E-state index contributed by atoms with van der Waals surface area (Å²) in [6, 6.07) is 9.11. The van der Waals surface area contributed by atoms with Crippen molar-refractivity contribution in [2.24, 2.45) is 5.41 Å². The van der Waals surface area contributed by atoms with E-state index in [1.54, 1.807) is 5.51 Å². The lowest BCUT2D eigenvalue weighted by molar-refractivity contribution is 0.0678. The maximum absolute atomic E-state index is 12.9. The molecular weight excluding hydrogens is 366 g/mol. The van der Waals surface area contributed by atoms with Crippen LogP contribution in [0.4, 0.5) is 0 Å². The molecule has 2 aromatic rings. The molecule has 1 unspecified atom stereocenters. The molecule has 0 N–H and O–H groups in total. The number of hydrogen-bond acceptors (Lipinski definition) is 4. The fourth-order valence-electron chi connectivity index (χ4n) is 4.80. The van der Waals surface area contributed by atoms with Crippen molar-refractivity contribution < 1.29 is 4.79 Å². The van der Waals surface area contributed by atoms with E-state index >= 15 is 0 Å². The lowest BCUT2D eigenvalue weighted by atomic mass is 9.79. The number of nitrogens with zero attached hydrogens (tertiary/aromatic N) is 3. The Labute approximate surface area is 172 Å². The number of amides is 1. The molecular formula is C23H31N3OS. The highest BCUT2D eigenvalue weighted by Gasteiger charge is 2.43. The highest BCUT2D eigenvalue weighted by molar-refractivity contribution is 7.11. The van der Waals surface area contributed by atoms with Gasteiger partial charge in [0.2, 0.25) is 0 Å². The van der Waals surface area contributed by atoms with Gasteiger partial charge in [-0.05, 0) is 49.8 Å². The molecule has 4 rings (SSSR count). The van der Waals surface area contributed by atoms with Crippen LogP contribution in [0.2, 0.25) is 0 Å². The molecule has 2 saturated heterocycles. The number of aryl methyl sites for hydroxylation is 1. The summed E-state index contributed by atoms with van der Waals surface area (Å²) in [5, 5.41) is 0. The van der Waals surface area contributed by atoms with Gasteiger partial charge in [0.1, 0.15) is 4.88 Å². The van der Waals surface area contributed by atoms with Gasteiger partial charge < -0.3 is 4.90 Å². The van der Waals surface area contributed by atoms with E-state index in [9.17, 15) is 4.79 Å². The third-order valence-electron chi connectivity index (χ3n) is 6.46. The number of thiazole rings is 1. The van der Waals surface area contributed by atoms with Crippen LogP contribution in [0, 0.1) is 12.3 Å². The predicted molar refractivity (Wildman–Crippen MR) is 115 cm³/mol. The van der Waals surface area contributed by atoms with Gasteiger partial charge in [0.25, 0.3) is 5.91 Å². The molecule has 1 atom stereocenters. The van der Waals surface area contributed by atoms with E-state index in [0.717, 1.165) is 49.7 Å². The molecule has 4 nitrogen and oxygen atoms in total. The van der Waals surface area contributed by atoms with Crippen LogP contribution in [0.3, 0.4) is 0 Å². The van der Waals surface area contributed by atoms with Gasteiger partial charge in [-0.2, -0.15) is 0 Å². The summed E-state index contributed by atoms with van der Waals surface area (Å²) < 4.78 is 0. The summed E-state index contributed by atoms with van der Waals surface area (Å²) in [6.07, 6.45) is 3.59. The fraction of sp³-hybridized carbons (Fsp3) is 0.565. The molecule has 150 valence electrons. The molecule has 1 spiro atoms. The van der Waals surface area contributed by atoms with Crippen LogP contribution in [0.1, 0.15) is 65.5 Å². The van der Waals surface area contributed by atoms with Gasteiger partial charge in [-0.1, -0.05) is 38.1 Å². The second-order valence-electron chi connectivity index (χ2n) is 8.95. The normalized spacial score (nSPS) is 23.1. The SMILES string of the molecule is Cc1ncsc1C(=O)N1CCC2(CCCN(Cc3ccc(C(C)C)cc3)C2)C1. The van der Waals surface area contributed by atoms with Crippen LogP contribution < -0.4 is 0 Å². The van der Waals surface area contributed by atoms with E-state index in [1.807, 2.05) is 6.92 Å². The van der Waals surface area contributed by atoms with Crippen molar-refractivity contribution in [1.82, 2.24) is 14.8 Å². The number of hydrogen-bond donors (Lipinski definition) is 0. The van der Waals surface area contributed by atoms with Gasteiger partial charge in [-0.25, -0.2) is 4.98 Å². The number of rotatable bonds is 4. The van der Waals surface area contributed by atoms with Gasteiger partial charge in [0.15, 0.2) is 0 Å². The first-order valence-corrected chi connectivity index (χ1v) is 11.3. The molecule has 1 amide bonds. The van der Waals surface area contributed by atoms with Crippen molar-refractivity contribution in [2.75, 3.05) is 26.2 Å². The van der Waals surface area contributed by atoms with Gasteiger partial charge in [-0.15, -0.1) is 11.3 Å². The zero-order valence-corrected chi connectivity index (χ0v) is 18.1. The molecule has 0 radical (unpaired) electrons. The topological polar surface area (TPSA) is 36.4 Å². The van der Waals surface area contributed by atoms with E-state index in [-0.39, 0.29) is 11.3 Å². The molecule has 1 aromatic carbocycles. The largest absolute Gasteiger partial charge is 0.337 e. The van der Waals surface area contributed by atoms with Crippen LogP contribution in [-0.2, 0) is 6.54 Å². The third-order valence-corrected chi connectivity index (χ3v) is 7.37. The Hall–Kier alpha value is -1.72. The predicted octanol–water partition coefficient (Wildman–Crippen LogP) is 4.70.